The molecule has 0 radical (unpaired) electrons. The fourth-order valence-corrected chi connectivity index (χ4v) is 5.50. The molecule has 2 saturated heterocycles. The van der Waals surface area contributed by atoms with Gasteiger partial charge in [-0.2, -0.15) is 0 Å². The zero-order valence-corrected chi connectivity index (χ0v) is 20.9. The minimum Gasteiger partial charge on any atom is -0.497 e. The van der Waals surface area contributed by atoms with Crippen molar-refractivity contribution in [1.82, 2.24) is 9.80 Å². The standard InChI is InChI=1S/C30H32N2O4/c1-35-25-9-3-7-23(19-25)27-11-5-17-31(27)29(33)21-13-15-22(16-14-21)30(34)32-18-6-12-28(32)24-8-4-10-26(20-24)36-2/h3-4,7-10,13-16,19-20,27-28H,5-6,11-12,17-18H2,1-2H3. The molecular formula is C30H32N2O4. The predicted molar refractivity (Wildman–Crippen MR) is 138 cm³/mol. The second-order valence-corrected chi connectivity index (χ2v) is 9.44. The molecule has 36 heavy (non-hydrogen) atoms. The second-order valence-electron chi connectivity index (χ2n) is 9.44. The van der Waals surface area contributed by atoms with Crippen LogP contribution >= 0.6 is 0 Å². The monoisotopic (exact) mass is 484 g/mol. The number of benzene rings is 3. The number of ether oxygens (including phenoxy) is 2. The molecule has 5 rings (SSSR count). The second kappa shape index (κ2) is 10.4. The van der Waals surface area contributed by atoms with Gasteiger partial charge in [0.05, 0.1) is 26.3 Å². The van der Waals surface area contributed by atoms with Crippen LogP contribution in [0.25, 0.3) is 0 Å². The van der Waals surface area contributed by atoms with E-state index < -0.39 is 0 Å². The van der Waals surface area contributed by atoms with Crippen LogP contribution in [0.5, 0.6) is 11.5 Å². The van der Waals surface area contributed by atoms with Crippen molar-refractivity contribution in [3.63, 3.8) is 0 Å². The summed E-state index contributed by atoms with van der Waals surface area (Å²) in [6.07, 6.45) is 3.78. The molecule has 6 nitrogen and oxygen atoms in total. The maximum absolute atomic E-state index is 13.4. The largest absolute Gasteiger partial charge is 0.497 e. The van der Waals surface area contributed by atoms with Gasteiger partial charge in [-0.15, -0.1) is 0 Å². The molecule has 0 aliphatic carbocycles. The third-order valence-corrected chi connectivity index (χ3v) is 7.36. The Hall–Kier alpha value is -3.80. The number of hydrogen-bond acceptors (Lipinski definition) is 4. The van der Waals surface area contributed by atoms with Gasteiger partial charge in [-0.3, -0.25) is 9.59 Å². The van der Waals surface area contributed by atoms with Crippen molar-refractivity contribution in [3.05, 3.63) is 95.1 Å². The summed E-state index contributed by atoms with van der Waals surface area (Å²) in [7, 11) is 3.31. The molecule has 2 aliphatic rings. The Morgan fingerprint density at radius 3 is 1.47 bits per heavy atom. The molecule has 2 heterocycles. The van der Waals surface area contributed by atoms with Crippen molar-refractivity contribution in [3.8, 4) is 11.5 Å². The average molecular weight is 485 g/mol. The number of amides is 2. The van der Waals surface area contributed by atoms with E-state index in [0.29, 0.717) is 11.1 Å². The van der Waals surface area contributed by atoms with Crippen LogP contribution in [-0.4, -0.2) is 48.9 Å². The van der Waals surface area contributed by atoms with E-state index >= 15 is 0 Å². The van der Waals surface area contributed by atoms with Crippen molar-refractivity contribution in [2.24, 2.45) is 0 Å². The molecule has 3 aromatic rings. The van der Waals surface area contributed by atoms with Crippen molar-refractivity contribution in [1.29, 1.82) is 0 Å². The normalized spacial score (nSPS) is 19.4. The minimum absolute atomic E-state index is 0.00486. The highest BCUT2D eigenvalue weighted by molar-refractivity contribution is 5.98. The summed E-state index contributed by atoms with van der Waals surface area (Å²) in [6.45, 7) is 1.44. The zero-order valence-electron chi connectivity index (χ0n) is 20.9. The van der Waals surface area contributed by atoms with Gasteiger partial charge in [0, 0.05) is 24.2 Å². The van der Waals surface area contributed by atoms with Gasteiger partial charge in [0.15, 0.2) is 0 Å². The Morgan fingerprint density at radius 1 is 0.667 bits per heavy atom. The van der Waals surface area contributed by atoms with E-state index in [-0.39, 0.29) is 23.9 Å². The molecule has 0 aromatic heterocycles. The minimum atomic E-state index is -0.00486. The lowest BCUT2D eigenvalue weighted by Gasteiger charge is -2.26. The third kappa shape index (κ3) is 4.68. The Kier molecular flexibility index (Phi) is 6.94. The first-order chi connectivity index (χ1) is 17.6. The fraction of sp³-hybridized carbons (Fsp3) is 0.333. The van der Waals surface area contributed by atoms with Crippen LogP contribution in [0.3, 0.4) is 0 Å². The molecule has 3 aromatic carbocycles. The first kappa shape index (κ1) is 23.9. The molecule has 0 N–H and O–H groups in total. The van der Waals surface area contributed by atoms with E-state index in [0.717, 1.165) is 61.4 Å². The summed E-state index contributed by atoms with van der Waals surface area (Å²) >= 11 is 0. The number of carbonyl (C=O) groups excluding carboxylic acids is 2. The van der Waals surface area contributed by atoms with E-state index in [2.05, 4.69) is 12.1 Å². The molecular weight excluding hydrogens is 452 g/mol. The quantitative estimate of drug-likeness (QED) is 0.453. The van der Waals surface area contributed by atoms with Gasteiger partial charge in [0.25, 0.3) is 11.8 Å². The van der Waals surface area contributed by atoms with Crippen LogP contribution < -0.4 is 9.47 Å². The van der Waals surface area contributed by atoms with Crippen molar-refractivity contribution < 1.29 is 19.1 Å². The number of methoxy groups -OCH3 is 2. The van der Waals surface area contributed by atoms with E-state index in [1.807, 2.05) is 46.2 Å². The van der Waals surface area contributed by atoms with E-state index in [4.69, 9.17) is 9.47 Å². The van der Waals surface area contributed by atoms with Crippen LogP contribution in [-0.2, 0) is 0 Å². The van der Waals surface area contributed by atoms with Gasteiger partial charge in [-0.1, -0.05) is 24.3 Å². The lowest BCUT2D eigenvalue weighted by molar-refractivity contribution is 0.0723. The molecule has 186 valence electrons. The first-order valence-electron chi connectivity index (χ1n) is 12.6. The number of rotatable bonds is 6. The summed E-state index contributed by atoms with van der Waals surface area (Å²) in [5.41, 5.74) is 3.38. The van der Waals surface area contributed by atoms with Crippen molar-refractivity contribution in [2.45, 2.75) is 37.8 Å². The SMILES string of the molecule is COc1cccc(C2CCCN2C(=O)c2ccc(C(=O)N3CCCC3c3cccc(OC)c3)cc2)c1. The van der Waals surface area contributed by atoms with E-state index in [1.54, 1.807) is 38.5 Å². The van der Waals surface area contributed by atoms with Crippen LogP contribution in [0.15, 0.2) is 72.8 Å². The zero-order chi connectivity index (χ0) is 25.1. The maximum Gasteiger partial charge on any atom is 0.254 e. The highest BCUT2D eigenvalue weighted by atomic mass is 16.5. The summed E-state index contributed by atoms with van der Waals surface area (Å²) < 4.78 is 10.7. The van der Waals surface area contributed by atoms with E-state index in [1.165, 1.54) is 0 Å². The molecule has 0 bridgehead atoms. The molecule has 0 saturated carbocycles. The van der Waals surface area contributed by atoms with Gasteiger partial charge in [-0.25, -0.2) is 0 Å². The summed E-state index contributed by atoms with van der Waals surface area (Å²) in [6, 6.07) is 23.1. The topological polar surface area (TPSA) is 59.1 Å². The lowest BCUT2D eigenvalue weighted by Crippen LogP contribution is -2.31. The Labute approximate surface area is 212 Å². The van der Waals surface area contributed by atoms with Gasteiger partial charge in [0.1, 0.15) is 11.5 Å². The number of nitrogens with zero attached hydrogens (tertiary/aromatic N) is 2. The number of carbonyl (C=O) groups is 2. The van der Waals surface area contributed by atoms with Crippen LogP contribution in [0.4, 0.5) is 0 Å². The van der Waals surface area contributed by atoms with Crippen molar-refractivity contribution in [2.75, 3.05) is 27.3 Å². The summed E-state index contributed by atoms with van der Waals surface area (Å²) in [5, 5.41) is 0. The Bertz CT molecular complexity index is 1140. The van der Waals surface area contributed by atoms with Gasteiger partial charge < -0.3 is 19.3 Å². The molecule has 2 atom stereocenters. The maximum atomic E-state index is 13.4. The smallest absolute Gasteiger partial charge is 0.254 e. The molecule has 2 amide bonds. The highest BCUT2D eigenvalue weighted by Crippen LogP contribution is 2.36. The summed E-state index contributed by atoms with van der Waals surface area (Å²) in [4.78, 5) is 30.7. The van der Waals surface area contributed by atoms with Gasteiger partial charge >= 0.3 is 0 Å². The van der Waals surface area contributed by atoms with Crippen LogP contribution in [0.1, 0.15) is 69.6 Å². The number of hydrogen-bond donors (Lipinski definition) is 0. The van der Waals surface area contributed by atoms with Crippen LogP contribution in [0, 0.1) is 0 Å². The Morgan fingerprint density at radius 2 is 1.08 bits per heavy atom. The van der Waals surface area contributed by atoms with Crippen LogP contribution in [0.2, 0.25) is 0 Å². The summed E-state index contributed by atoms with van der Waals surface area (Å²) in [5.74, 6) is 1.58. The highest BCUT2D eigenvalue weighted by Gasteiger charge is 2.32. The molecule has 2 fully saturated rings. The lowest BCUT2D eigenvalue weighted by atomic mass is 10.0. The predicted octanol–water partition coefficient (Wildman–Crippen LogP) is 5.66. The molecule has 0 spiro atoms. The molecule has 2 unspecified atom stereocenters. The molecule has 6 heteroatoms. The Balaban J connectivity index is 1.31. The first-order valence-corrected chi connectivity index (χ1v) is 12.6. The average Bonchev–Trinajstić information content (AvgIpc) is 3.63. The number of likely N-dealkylation sites (tertiary alicyclic amines) is 2. The third-order valence-electron chi connectivity index (χ3n) is 7.36. The van der Waals surface area contributed by atoms with Gasteiger partial charge in [0.2, 0.25) is 0 Å². The fourth-order valence-electron chi connectivity index (χ4n) is 5.50. The van der Waals surface area contributed by atoms with E-state index in [9.17, 15) is 9.59 Å². The molecule has 2 aliphatic heterocycles. The van der Waals surface area contributed by atoms with Crippen molar-refractivity contribution >= 4 is 11.8 Å². The van der Waals surface area contributed by atoms with Gasteiger partial charge in [-0.05, 0) is 85.3 Å².